The zero-order chi connectivity index (χ0) is 12.8. The molecule has 0 saturated carbocycles. The highest BCUT2D eigenvalue weighted by Crippen LogP contribution is 2.08. The van der Waals surface area contributed by atoms with Crippen molar-refractivity contribution < 1.29 is 4.79 Å². The summed E-state index contributed by atoms with van der Waals surface area (Å²) >= 11 is 0. The van der Waals surface area contributed by atoms with E-state index in [1.54, 1.807) is 0 Å². The average molecular weight is 252 g/mol. The predicted molar refractivity (Wildman–Crippen MR) is 72.6 cm³/mol. The van der Waals surface area contributed by atoms with Gasteiger partial charge in [0.05, 0.1) is 6.54 Å². The highest BCUT2D eigenvalue weighted by molar-refractivity contribution is 5.87. The van der Waals surface area contributed by atoms with Crippen LogP contribution in [0.4, 0.5) is 0 Å². The average Bonchev–Trinajstić information content (AvgIpc) is 2.39. The summed E-state index contributed by atoms with van der Waals surface area (Å²) in [6.07, 6.45) is 5.68. The van der Waals surface area contributed by atoms with E-state index in [9.17, 15) is 4.79 Å². The van der Waals surface area contributed by atoms with E-state index in [1.165, 1.54) is 19.3 Å². The summed E-state index contributed by atoms with van der Waals surface area (Å²) in [6.45, 7) is 4.68. The Hall–Kier alpha value is -0.940. The molecular formula is C13H24N4O. The van der Waals surface area contributed by atoms with Gasteiger partial charge in [-0.25, -0.2) is 5.43 Å². The molecule has 0 atom stereocenters. The van der Waals surface area contributed by atoms with Crippen molar-refractivity contribution in [2.24, 2.45) is 5.10 Å². The van der Waals surface area contributed by atoms with Crippen LogP contribution >= 0.6 is 0 Å². The molecule has 102 valence electrons. The third-order valence-corrected chi connectivity index (χ3v) is 3.72. The van der Waals surface area contributed by atoms with Gasteiger partial charge in [-0.05, 0) is 33.0 Å². The van der Waals surface area contributed by atoms with Gasteiger partial charge < -0.3 is 4.90 Å². The van der Waals surface area contributed by atoms with Crippen LogP contribution in [0.5, 0.6) is 0 Å². The van der Waals surface area contributed by atoms with Crippen LogP contribution in [-0.4, -0.2) is 61.2 Å². The van der Waals surface area contributed by atoms with Crippen LogP contribution in [0.15, 0.2) is 5.10 Å². The molecule has 2 rings (SSSR count). The molecule has 0 aromatic rings. The lowest BCUT2D eigenvalue weighted by atomic mass is 10.1. The zero-order valence-corrected chi connectivity index (χ0v) is 11.3. The summed E-state index contributed by atoms with van der Waals surface area (Å²) in [5.74, 6) is 0.0309. The van der Waals surface area contributed by atoms with E-state index in [4.69, 9.17) is 0 Å². The topological polar surface area (TPSA) is 47.9 Å². The van der Waals surface area contributed by atoms with E-state index in [1.807, 2.05) is 0 Å². The molecule has 2 saturated heterocycles. The van der Waals surface area contributed by atoms with Crippen LogP contribution in [0.3, 0.4) is 0 Å². The van der Waals surface area contributed by atoms with E-state index in [0.29, 0.717) is 6.54 Å². The molecule has 0 radical (unpaired) electrons. The first-order valence-electron chi connectivity index (χ1n) is 6.99. The Bertz CT molecular complexity index is 300. The first-order valence-corrected chi connectivity index (χ1v) is 6.99. The molecule has 5 heteroatoms. The van der Waals surface area contributed by atoms with Gasteiger partial charge in [0, 0.05) is 31.6 Å². The highest BCUT2D eigenvalue weighted by atomic mass is 16.2. The molecule has 2 heterocycles. The minimum atomic E-state index is 0.0309. The summed E-state index contributed by atoms with van der Waals surface area (Å²) in [7, 11) is 2.12. The van der Waals surface area contributed by atoms with Crippen molar-refractivity contribution in [3.05, 3.63) is 0 Å². The first-order chi connectivity index (χ1) is 8.74. The molecule has 2 fully saturated rings. The van der Waals surface area contributed by atoms with Gasteiger partial charge >= 0.3 is 0 Å². The van der Waals surface area contributed by atoms with Crippen LogP contribution in [0, 0.1) is 0 Å². The molecule has 2 aliphatic heterocycles. The summed E-state index contributed by atoms with van der Waals surface area (Å²) in [6, 6.07) is 0. The summed E-state index contributed by atoms with van der Waals surface area (Å²) in [5, 5.41) is 4.25. The maximum Gasteiger partial charge on any atom is 0.254 e. The van der Waals surface area contributed by atoms with Gasteiger partial charge in [0.15, 0.2) is 0 Å². The van der Waals surface area contributed by atoms with Crippen LogP contribution in [-0.2, 0) is 4.79 Å². The molecule has 0 aromatic carbocycles. The van der Waals surface area contributed by atoms with Crippen LogP contribution < -0.4 is 5.43 Å². The molecule has 0 spiro atoms. The van der Waals surface area contributed by atoms with E-state index in [0.717, 1.165) is 44.7 Å². The molecule has 5 nitrogen and oxygen atoms in total. The lowest BCUT2D eigenvalue weighted by molar-refractivity contribution is -0.122. The molecule has 2 aliphatic rings. The Balaban J connectivity index is 1.69. The number of nitrogens with zero attached hydrogens (tertiary/aromatic N) is 3. The lowest BCUT2D eigenvalue weighted by Gasteiger charge is -2.25. The minimum Gasteiger partial charge on any atom is -0.306 e. The third-order valence-electron chi connectivity index (χ3n) is 3.72. The van der Waals surface area contributed by atoms with Crippen molar-refractivity contribution in [1.29, 1.82) is 0 Å². The molecule has 0 bridgehead atoms. The van der Waals surface area contributed by atoms with E-state index < -0.39 is 0 Å². The largest absolute Gasteiger partial charge is 0.306 e. The highest BCUT2D eigenvalue weighted by Gasteiger charge is 2.14. The normalized spacial score (nSPS) is 22.8. The van der Waals surface area contributed by atoms with Crippen molar-refractivity contribution in [2.75, 3.05) is 39.8 Å². The Morgan fingerprint density at radius 3 is 2.50 bits per heavy atom. The molecule has 18 heavy (non-hydrogen) atoms. The van der Waals surface area contributed by atoms with Gasteiger partial charge in [0.25, 0.3) is 5.91 Å². The van der Waals surface area contributed by atoms with Crippen LogP contribution in [0.25, 0.3) is 0 Å². The first kappa shape index (κ1) is 13.5. The van der Waals surface area contributed by atoms with Gasteiger partial charge in [0.2, 0.25) is 0 Å². The number of amides is 1. The molecule has 1 N–H and O–H groups in total. The number of hydrogen-bond acceptors (Lipinski definition) is 4. The quantitative estimate of drug-likeness (QED) is 0.751. The molecular weight excluding hydrogens is 228 g/mol. The molecule has 1 amide bonds. The molecule has 0 aliphatic carbocycles. The fourth-order valence-electron chi connectivity index (χ4n) is 2.49. The van der Waals surface area contributed by atoms with Gasteiger partial charge in [-0.15, -0.1) is 0 Å². The van der Waals surface area contributed by atoms with Crippen molar-refractivity contribution in [3.63, 3.8) is 0 Å². The second-order valence-corrected chi connectivity index (χ2v) is 5.35. The number of likely N-dealkylation sites (tertiary alicyclic amines) is 2. The second kappa shape index (κ2) is 6.85. The maximum absolute atomic E-state index is 11.7. The maximum atomic E-state index is 11.7. The standard InChI is InChI=1S/C13H24N4O/c1-16-9-5-12(6-10-16)14-15-13(18)11-17-7-3-2-4-8-17/h2-11H2,1H3,(H,15,18). The fraction of sp³-hybridized carbons (Fsp3) is 0.846. The Morgan fingerprint density at radius 1 is 1.17 bits per heavy atom. The molecule has 0 unspecified atom stereocenters. The number of carbonyl (C=O) groups excluding carboxylic acids is 1. The Morgan fingerprint density at radius 2 is 1.83 bits per heavy atom. The second-order valence-electron chi connectivity index (χ2n) is 5.35. The molecule has 0 aromatic heterocycles. The zero-order valence-electron chi connectivity index (χ0n) is 11.3. The third kappa shape index (κ3) is 4.38. The minimum absolute atomic E-state index is 0.0309. The Kier molecular flexibility index (Phi) is 5.13. The number of hydrogen-bond donors (Lipinski definition) is 1. The van der Waals surface area contributed by atoms with Crippen molar-refractivity contribution >= 4 is 11.6 Å². The van der Waals surface area contributed by atoms with Gasteiger partial charge in [-0.1, -0.05) is 6.42 Å². The summed E-state index contributed by atoms with van der Waals surface area (Å²) in [5.41, 5.74) is 3.83. The fourth-order valence-corrected chi connectivity index (χ4v) is 2.49. The lowest BCUT2D eigenvalue weighted by Crippen LogP contribution is -2.39. The van der Waals surface area contributed by atoms with Gasteiger partial charge in [-0.3, -0.25) is 9.69 Å². The number of nitrogens with one attached hydrogen (secondary N) is 1. The van der Waals surface area contributed by atoms with Crippen molar-refractivity contribution in [3.8, 4) is 0 Å². The predicted octanol–water partition coefficient (Wildman–Crippen LogP) is 0.670. The SMILES string of the molecule is CN1CCC(=NNC(=O)CN2CCCCC2)CC1. The number of hydrazone groups is 1. The van der Waals surface area contributed by atoms with Gasteiger partial charge in [-0.2, -0.15) is 5.10 Å². The monoisotopic (exact) mass is 252 g/mol. The van der Waals surface area contributed by atoms with Crippen LogP contribution in [0.2, 0.25) is 0 Å². The number of carbonyl (C=O) groups is 1. The van der Waals surface area contributed by atoms with Crippen molar-refractivity contribution in [2.45, 2.75) is 32.1 Å². The van der Waals surface area contributed by atoms with E-state index in [-0.39, 0.29) is 5.91 Å². The van der Waals surface area contributed by atoms with Gasteiger partial charge in [0.1, 0.15) is 0 Å². The van der Waals surface area contributed by atoms with Crippen molar-refractivity contribution in [1.82, 2.24) is 15.2 Å². The van der Waals surface area contributed by atoms with E-state index >= 15 is 0 Å². The smallest absolute Gasteiger partial charge is 0.254 e. The summed E-state index contributed by atoms with van der Waals surface area (Å²) < 4.78 is 0. The number of rotatable bonds is 3. The van der Waals surface area contributed by atoms with Crippen LogP contribution in [0.1, 0.15) is 32.1 Å². The Labute approximate surface area is 109 Å². The van der Waals surface area contributed by atoms with E-state index in [2.05, 4.69) is 27.4 Å². The summed E-state index contributed by atoms with van der Waals surface area (Å²) in [4.78, 5) is 16.3. The number of piperidine rings is 2.